The molecule has 8 nitrogen and oxygen atoms in total. The molecule has 1 saturated heterocycles. The first-order valence-electron chi connectivity index (χ1n) is 11.7. The fourth-order valence-electron chi connectivity index (χ4n) is 4.38. The van der Waals surface area contributed by atoms with E-state index in [2.05, 4.69) is 31.8 Å². The summed E-state index contributed by atoms with van der Waals surface area (Å²) in [5.74, 6) is -1.59. The number of rotatable bonds is 8. The first-order valence-corrected chi connectivity index (χ1v) is 11.7. The number of ether oxygens (including phenoxy) is 1. The molecule has 31 heavy (non-hydrogen) atoms. The first-order chi connectivity index (χ1) is 14.4. The van der Waals surface area contributed by atoms with E-state index in [0.29, 0.717) is 12.8 Å². The van der Waals surface area contributed by atoms with Crippen molar-refractivity contribution in [3.63, 3.8) is 0 Å². The summed E-state index contributed by atoms with van der Waals surface area (Å²) in [5, 5.41) is 14.7. The summed E-state index contributed by atoms with van der Waals surface area (Å²) in [7, 11) is 0. The van der Waals surface area contributed by atoms with Crippen molar-refractivity contribution in [2.75, 3.05) is 6.61 Å². The molecule has 1 heterocycles. The van der Waals surface area contributed by atoms with Crippen LogP contribution in [-0.2, 0) is 19.1 Å². The molecule has 8 heteroatoms. The van der Waals surface area contributed by atoms with Crippen molar-refractivity contribution in [3.8, 4) is 0 Å². The minimum absolute atomic E-state index is 0.0318. The molecule has 0 bridgehead atoms. The van der Waals surface area contributed by atoms with Gasteiger partial charge in [0.1, 0.15) is 6.04 Å². The third-order valence-corrected chi connectivity index (χ3v) is 5.58. The number of hydrogen-bond donors (Lipinski definition) is 2. The van der Waals surface area contributed by atoms with Gasteiger partial charge in [0.15, 0.2) is 0 Å². The van der Waals surface area contributed by atoms with E-state index in [1.165, 1.54) is 4.90 Å². The summed E-state index contributed by atoms with van der Waals surface area (Å²) in [5.41, 5.74) is 4.02. The van der Waals surface area contributed by atoms with Crippen LogP contribution < -0.4 is 16.2 Å². The highest BCUT2D eigenvalue weighted by atomic mass is 16.5. The number of likely N-dealkylation sites (tertiary alicyclic amines) is 1. The average molecular weight is 442 g/mol. The SMILES string of the molecule is CC(C)(C)[NH3+].CCCC(NC(C)C(=O)N1C(C(=O)[O-])CC2CCCCC21)C(=O)OCC. The quantitative estimate of drug-likeness (QED) is 0.532. The number of quaternary nitrogens is 1. The summed E-state index contributed by atoms with van der Waals surface area (Å²) < 4.78 is 5.08. The third kappa shape index (κ3) is 8.77. The van der Waals surface area contributed by atoms with Crippen LogP contribution in [0.3, 0.4) is 0 Å². The summed E-state index contributed by atoms with van der Waals surface area (Å²) in [6.07, 6.45) is 5.69. The molecule has 5 unspecified atom stereocenters. The van der Waals surface area contributed by atoms with E-state index < -0.39 is 24.1 Å². The molecule has 1 saturated carbocycles. The summed E-state index contributed by atoms with van der Waals surface area (Å²) in [6.45, 7) is 11.9. The maximum atomic E-state index is 13.1. The topological polar surface area (TPSA) is 126 Å². The molecule has 2 fully saturated rings. The number of nitrogens with zero attached hydrogens (tertiary/aromatic N) is 1. The Morgan fingerprint density at radius 3 is 2.29 bits per heavy atom. The number of amides is 1. The largest absolute Gasteiger partial charge is 0.548 e. The van der Waals surface area contributed by atoms with Gasteiger partial charge in [-0.1, -0.05) is 26.2 Å². The Kier molecular flexibility index (Phi) is 10.9. The molecular weight excluding hydrogens is 398 g/mol. The average Bonchev–Trinajstić information content (AvgIpc) is 3.05. The summed E-state index contributed by atoms with van der Waals surface area (Å²) in [6, 6.07) is -2.12. The van der Waals surface area contributed by atoms with Crippen molar-refractivity contribution >= 4 is 17.8 Å². The van der Waals surface area contributed by atoms with E-state index in [9.17, 15) is 19.5 Å². The van der Waals surface area contributed by atoms with Gasteiger partial charge in [0, 0.05) is 6.04 Å². The molecular formula is C23H43N3O5. The highest BCUT2D eigenvalue weighted by molar-refractivity contribution is 5.88. The van der Waals surface area contributed by atoms with Crippen LogP contribution in [-0.4, -0.2) is 59.1 Å². The number of carboxylic acid groups (broad SMARTS) is 1. The molecule has 4 N–H and O–H groups in total. The summed E-state index contributed by atoms with van der Waals surface area (Å²) in [4.78, 5) is 38.3. The van der Waals surface area contributed by atoms with Crippen molar-refractivity contribution in [3.05, 3.63) is 0 Å². The Bertz CT molecular complexity index is 599. The number of carbonyl (C=O) groups excluding carboxylic acids is 3. The predicted molar refractivity (Wildman–Crippen MR) is 117 cm³/mol. The van der Waals surface area contributed by atoms with Gasteiger partial charge in [-0.25, -0.2) is 0 Å². The second-order valence-corrected chi connectivity index (χ2v) is 9.97. The zero-order chi connectivity index (χ0) is 23.8. The van der Waals surface area contributed by atoms with E-state index in [4.69, 9.17) is 4.74 Å². The minimum Gasteiger partial charge on any atom is -0.548 e. The lowest BCUT2D eigenvalue weighted by molar-refractivity contribution is -0.458. The molecule has 0 spiro atoms. The number of esters is 1. The van der Waals surface area contributed by atoms with Gasteiger partial charge in [0.25, 0.3) is 0 Å². The van der Waals surface area contributed by atoms with Crippen LogP contribution in [0.5, 0.6) is 0 Å². The molecule has 0 aromatic rings. The van der Waals surface area contributed by atoms with Gasteiger partial charge in [-0.15, -0.1) is 0 Å². The Hall–Kier alpha value is -1.67. The van der Waals surface area contributed by atoms with Crippen molar-refractivity contribution in [1.29, 1.82) is 0 Å². The first kappa shape index (κ1) is 27.4. The lowest BCUT2D eigenvalue weighted by atomic mass is 9.84. The van der Waals surface area contributed by atoms with Crippen molar-refractivity contribution in [1.82, 2.24) is 10.2 Å². The molecule has 0 radical (unpaired) electrons. The zero-order valence-electron chi connectivity index (χ0n) is 20.2. The van der Waals surface area contributed by atoms with Gasteiger partial charge >= 0.3 is 5.97 Å². The molecule has 1 aliphatic heterocycles. The molecule has 0 aromatic carbocycles. The molecule has 1 aliphatic carbocycles. The maximum Gasteiger partial charge on any atom is 0.323 e. The molecule has 2 aliphatic rings. The van der Waals surface area contributed by atoms with E-state index in [-0.39, 0.29) is 36.0 Å². The van der Waals surface area contributed by atoms with Crippen molar-refractivity contribution in [2.45, 2.75) is 116 Å². The van der Waals surface area contributed by atoms with Gasteiger partial charge in [0.05, 0.1) is 30.2 Å². The van der Waals surface area contributed by atoms with Crippen LogP contribution in [0.1, 0.15) is 86.5 Å². The molecule has 180 valence electrons. The Morgan fingerprint density at radius 2 is 1.77 bits per heavy atom. The number of aliphatic carboxylic acids is 1. The normalized spacial score (nSPS) is 25.0. The van der Waals surface area contributed by atoms with Gasteiger partial charge in [0.2, 0.25) is 5.91 Å². The van der Waals surface area contributed by atoms with Gasteiger partial charge in [-0.05, 0) is 66.2 Å². The number of nitrogens with one attached hydrogen (secondary N) is 1. The second kappa shape index (κ2) is 12.4. The van der Waals surface area contributed by atoms with Crippen LogP contribution in [0.4, 0.5) is 0 Å². The molecule has 2 rings (SSSR count). The predicted octanol–water partition coefficient (Wildman–Crippen LogP) is 0.633. The molecule has 5 atom stereocenters. The lowest BCUT2D eigenvalue weighted by Crippen LogP contribution is -2.67. The number of carbonyl (C=O) groups is 3. The number of carboxylic acids is 1. The fourth-order valence-corrected chi connectivity index (χ4v) is 4.38. The van der Waals surface area contributed by atoms with E-state index >= 15 is 0 Å². The van der Waals surface area contributed by atoms with Crippen molar-refractivity contribution < 1.29 is 30.0 Å². The Balaban J connectivity index is 0.000000861. The Morgan fingerprint density at radius 1 is 1.19 bits per heavy atom. The minimum atomic E-state index is -1.18. The lowest BCUT2D eigenvalue weighted by Gasteiger charge is -2.36. The summed E-state index contributed by atoms with van der Waals surface area (Å²) >= 11 is 0. The molecule has 0 aromatic heterocycles. The highest BCUT2D eigenvalue weighted by Crippen LogP contribution is 2.39. The van der Waals surface area contributed by atoms with Crippen LogP contribution in [0.2, 0.25) is 0 Å². The van der Waals surface area contributed by atoms with Crippen molar-refractivity contribution in [2.24, 2.45) is 5.92 Å². The van der Waals surface area contributed by atoms with Gasteiger partial charge in [-0.3, -0.25) is 14.9 Å². The fraction of sp³-hybridized carbons (Fsp3) is 0.870. The molecule has 1 amide bonds. The van der Waals surface area contributed by atoms with E-state index in [1.54, 1.807) is 13.8 Å². The van der Waals surface area contributed by atoms with E-state index in [1.807, 2.05) is 6.92 Å². The smallest absolute Gasteiger partial charge is 0.323 e. The Labute approximate surface area is 187 Å². The number of hydrogen-bond acceptors (Lipinski definition) is 6. The van der Waals surface area contributed by atoms with Gasteiger partial charge < -0.3 is 25.3 Å². The van der Waals surface area contributed by atoms with Crippen LogP contribution in [0.15, 0.2) is 0 Å². The second-order valence-electron chi connectivity index (χ2n) is 9.97. The van der Waals surface area contributed by atoms with Gasteiger partial charge in [-0.2, -0.15) is 0 Å². The van der Waals surface area contributed by atoms with E-state index in [0.717, 1.165) is 32.1 Å². The standard InChI is InChI=1S/C19H32N2O5.C4H11N/c1-4-8-14(19(25)26-5-2)20-12(3)17(22)21-15-10-7-6-9-13(15)11-16(21)18(23)24;1-4(2,3)5/h12-16,20H,4-11H2,1-3H3,(H,23,24);5H2,1-3H3. The zero-order valence-corrected chi connectivity index (χ0v) is 20.2. The maximum absolute atomic E-state index is 13.1. The third-order valence-electron chi connectivity index (χ3n) is 5.58. The number of fused-ring (bicyclic) bond motifs is 1. The monoisotopic (exact) mass is 441 g/mol. The van der Waals surface area contributed by atoms with Crippen LogP contribution in [0.25, 0.3) is 0 Å². The van der Waals surface area contributed by atoms with Crippen LogP contribution >= 0.6 is 0 Å². The van der Waals surface area contributed by atoms with Crippen LogP contribution in [0, 0.1) is 5.92 Å². The highest BCUT2D eigenvalue weighted by Gasteiger charge is 2.46.